The van der Waals surface area contributed by atoms with Crippen molar-refractivity contribution < 1.29 is 18.4 Å². The summed E-state index contributed by atoms with van der Waals surface area (Å²) in [5.74, 6) is -0.214. The normalized spacial score (nSPS) is 12.9. The third kappa shape index (κ3) is 5.64. The third-order valence-corrected chi connectivity index (χ3v) is 7.27. The van der Waals surface area contributed by atoms with Gasteiger partial charge in [0.1, 0.15) is 0 Å². The Balaban J connectivity index is 3.18. The van der Waals surface area contributed by atoms with E-state index in [9.17, 15) is 9.36 Å². The van der Waals surface area contributed by atoms with Gasteiger partial charge in [0.2, 0.25) is 5.91 Å². The highest BCUT2D eigenvalue weighted by atomic mass is 32.2. The van der Waals surface area contributed by atoms with Crippen LogP contribution in [0.3, 0.4) is 0 Å². The van der Waals surface area contributed by atoms with Crippen LogP contribution in [0, 0.1) is 0 Å². The van der Waals surface area contributed by atoms with Gasteiger partial charge in [-0.05, 0) is 39.8 Å². The summed E-state index contributed by atoms with van der Waals surface area (Å²) in [4.78, 5) is 14.5. The van der Waals surface area contributed by atoms with Crippen LogP contribution in [-0.4, -0.2) is 42.1 Å². The Morgan fingerprint density at radius 3 is 2.04 bits per heavy atom. The van der Waals surface area contributed by atoms with Gasteiger partial charge in [-0.3, -0.25) is 9.36 Å². The van der Waals surface area contributed by atoms with E-state index < -0.39 is 12.6 Å². The number of hydrogen-bond donors (Lipinski definition) is 0. The first kappa shape index (κ1) is 20.2. The molecule has 130 valence electrons. The molecule has 1 aromatic carbocycles. The molecule has 0 fully saturated rings. The summed E-state index contributed by atoms with van der Waals surface area (Å²) in [6.07, 6.45) is 0. The van der Waals surface area contributed by atoms with Crippen molar-refractivity contribution >= 4 is 25.3 Å². The van der Waals surface area contributed by atoms with Gasteiger partial charge in [-0.15, -0.1) is 0 Å². The van der Waals surface area contributed by atoms with E-state index in [2.05, 4.69) is 0 Å². The first-order valence-corrected chi connectivity index (χ1v) is 10.4. The predicted molar refractivity (Wildman–Crippen MR) is 94.9 cm³/mol. The van der Waals surface area contributed by atoms with Crippen LogP contribution in [0.5, 0.6) is 0 Å². The fourth-order valence-electron chi connectivity index (χ4n) is 2.10. The maximum absolute atomic E-state index is 13.2. The number of nitrogens with zero attached hydrogens (tertiary/aromatic N) is 1. The molecule has 0 heterocycles. The number of rotatable bonds is 10. The molecule has 0 saturated carbocycles. The van der Waals surface area contributed by atoms with Crippen molar-refractivity contribution in [3.8, 4) is 0 Å². The largest absolute Gasteiger partial charge is 0.353 e. The molecule has 7 heteroatoms. The third-order valence-electron chi connectivity index (χ3n) is 3.18. The van der Waals surface area contributed by atoms with E-state index in [0.29, 0.717) is 13.1 Å². The Bertz CT molecular complexity index is 512. The van der Waals surface area contributed by atoms with Crippen LogP contribution in [-0.2, 0) is 18.4 Å². The molecule has 0 N–H and O–H groups in total. The van der Waals surface area contributed by atoms with Crippen molar-refractivity contribution in [2.24, 2.45) is 0 Å². The van der Waals surface area contributed by atoms with Crippen LogP contribution < -0.4 is 0 Å². The fraction of sp³-hybridized carbons (Fsp3) is 0.562. The van der Waals surface area contributed by atoms with Gasteiger partial charge in [0.25, 0.3) is 0 Å². The van der Waals surface area contributed by atoms with Crippen molar-refractivity contribution in [3.63, 3.8) is 0 Å². The van der Waals surface area contributed by atoms with E-state index >= 15 is 0 Å². The zero-order valence-corrected chi connectivity index (χ0v) is 15.9. The minimum absolute atomic E-state index is 0.214. The van der Waals surface area contributed by atoms with Crippen LogP contribution in [0.2, 0.25) is 0 Å². The second-order valence-corrected chi connectivity index (χ2v) is 8.31. The second-order valence-electron chi connectivity index (χ2n) is 4.67. The first-order valence-electron chi connectivity index (χ1n) is 7.91. The molecule has 1 atom stereocenters. The maximum atomic E-state index is 13.2. The van der Waals surface area contributed by atoms with Crippen LogP contribution in [0.1, 0.15) is 27.7 Å². The van der Waals surface area contributed by atoms with E-state index in [-0.39, 0.29) is 19.1 Å². The molecule has 0 bridgehead atoms. The highest BCUT2D eigenvalue weighted by molar-refractivity contribution is 8.06. The second kappa shape index (κ2) is 10.1. The summed E-state index contributed by atoms with van der Waals surface area (Å²) in [5.41, 5.74) is 0. The number of carbonyl (C=O) groups is 1. The van der Waals surface area contributed by atoms with Gasteiger partial charge in [-0.25, -0.2) is 0 Å². The van der Waals surface area contributed by atoms with Gasteiger partial charge in [0, 0.05) is 18.0 Å². The van der Waals surface area contributed by atoms with Crippen molar-refractivity contribution in [3.05, 3.63) is 30.3 Å². The molecule has 0 unspecified atom stereocenters. The molecule has 5 nitrogen and oxygen atoms in total. The zero-order valence-electron chi connectivity index (χ0n) is 14.2. The fourth-order valence-corrected chi connectivity index (χ4v) is 5.67. The van der Waals surface area contributed by atoms with Gasteiger partial charge < -0.3 is 13.9 Å². The Morgan fingerprint density at radius 1 is 1.09 bits per heavy atom. The quantitative estimate of drug-likeness (QED) is 0.462. The van der Waals surface area contributed by atoms with Gasteiger partial charge in [0.05, 0.1) is 13.2 Å². The SMILES string of the molecule is CCOP(=O)(OCC)[C@@H](Sc1ccccc1)C(=O)N(CC)CC. The molecule has 0 aliphatic heterocycles. The van der Waals surface area contributed by atoms with Crippen molar-refractivity contribution in [2.75, 3.05) is 26.3 Å². The Kier molecular flexibility index (Phi) is 8.92. The molecule has 0 aliphatic carbocycles. The minimum atomic E-state index is -3.56. The van der Waals surface area contributed by atoms with Crippen molar-refractivity contribution in [2.45, 2.75) is 37.6 Å². The van der Waals surface area contributed by atoms with Crippen LogP contribution in [0.15, 0.2) is 35.2 Å². The van der Waals surface area contributed by atoms with E-state index in [1.807, 2.05) is 44.2 Å². The summed E-state index contributed by atoms with van der Waals surface area (Å²) in [7, 11) is -3.56. The van der Waals surface area contributed by atoms with E-state index in [1.54, 1.807) is 18.7 Å². The zero-order chi connectivity index (χ0) is 17.3. The van der Waals surface area contributed by atoms with E-state index in [1.165, 1.54) is 11.8 Å². The molecule has 0 saturated heterocycles. The molecule has 1 aromatic rings. The topological polar surface area (TPSA) is 55.8 Å². The number of thioether (sulfide) groups is 1. The number of amides is 1. The number of benzene rings is 1. The summed E-state index contributed by atoms with van der Waals surface area (Å²) in [5, 5.41) is 0. The Morgan fingerprint density at radius 2 is 1.61 bits per heavy atom. The Hall–Kier alpha value is -0.810. The predicted octanol–water partition coefficient (Wildman–Crippen LogP) is 4.24. The molecular weight excluding hydrogens is 333 g/mol. The van der Waals surface area contributed by atoms with Gasteiger partial charge >= 0.3 is 7.60 Å². The van der Waals surface area contributed by atoms with Crippen LogP contribution in [0.25, 0.3) is 0 Å². The summed E-state index contributed by atoms with van der Waals surface area (Å²) in [6, 6.07) is 9.43. The minimum Gasteiger partial charge on any atom is -0.342 e. The lowest BCUT2D eigenvalue weighted by Gasteiger charge is -2.29. The van der Waals surface area contributed by atoms with Crippen molar-refractivity contribution in [1.82, 2.24) is 4.90 Å². The first-order chi connectivity index (χ1) is 11.0. The highest BCUT2D eigenvalue weighted by Gasteiger charge is 2.43. The van der Waals surface area contributed by atoms with Gasteiger partial charge in [-0.2, -0.15) is 0 Å². The average molecular weight is 359 g/mol. The van der Waals surface area contributed by atoms with E-state index in [4.69, 9.17) is 9.05 Å². The maximum Gasteiger partial charge on any atom is 0.353 e. The molecule has 1 amide bonds. The lowest BCUT2D eigenvalue weighted by molar-refractivity contribution is -0.129. The number of carbonyl (C=O) groups excluding carboxylic acids is 1. The van der Waals surface area contributed by atoms with Gasteiger partial charge in [-0.1, -0.05) is 30.0 Å². The summed E-state index contributed by atoms with van der Waals surface area (Å²) >= 11 is 1.24. The molecule has 0 aromatic heterocycles. The van der Waals surface area contributed by atoms with Gasteiger partial charge in [0.15, 0.2) is 4.99 Å². The highest BCUT2D eigenvalue weighted by Crippen LogP contribution is 2.58. The van der Waals surface area contributed by atoms with Crippen LogP contribution in [0.4, 0.5) is 0 Å². The molecular formula is C16H26NO4PS. The monoisotopic (exact) mass is 359 g/mol. The lowest BCUT2D eigenvalue weighted by Crippen LogP contribution is -2.38. The molecule has 0 aliphatic rings. The molecule has 1 rings (SSSR count). The summed E-state index contributed by atoms with van der Waals surface area (Å²) < 4.78 is 24.0. The Labute approximate surface area is 143 Å². The smallest absolute Gasteiger partial charge is 0.342 e. The van der Waals surface area contributed by atoms with Crippen LogP contribution >= 0.6 is 19.4 Å². The molecule has 23 heavy (non-hydrogen) atoms. The lowest BCUT2D eigenvalue weighted by atomic mass is 10.4. The number of hydrogen-bond acceptors (Lipinski definition) is 5. The summed E-state index contributed by atoms with van der Waals surface area (Å²) in [6.45, 7) is 8.87. The molecule has 0 radical (unpaired) electrons. The molecule has 0 spiro atoms. The average Bonchev–Trinajstić information content (AvgIpc) is 2.55. The van der Waals surface area contributed by atoms with Crippen molar-refractivity contribution in [1.29, 1.82) is 0 Å². The standard InChI is InChI=1S/C16H26NO4PS/c1-5-17(6-2)15(18)16(22(19,20-7-3)21-8-4)23-14-12-10-9-11-13-14/h9-13,16H,5-8H2,1-4H3/t16-/m0/s1. The van der Waals surface area contributed by atoms with E-state index in [0.717, 1.165) is 4.90 Å².